The number of aryl methyl sites for hydroxylation is 1. The lowest BCUT2D eigenvalue weighted by Gasteiger charge is -2.10. The molecule has 0 aliphatic rings. The van der Waals surface area contributed by atoms with Crippen molar-refractivity contribution in [1.29, 1.82) is 0 Å². The van der Waals surface area contributed by atoms with Crippen molar-refractivity contribution < 1.29 is 19.5 Å². The molecule has 2 aromatic rings. The second kappa shape index (κ2) is 10.5. The summed E-state index contributed by atoms with van der Waals surface area (Å²) in [5, 5.41) is 14.7. The molecule has 6 nitrogen and oxygen atoms in total. The molecule has 148 valence electrons. The summed E-state index contributed by atoms with van der Waals surface area (Å²) < 4.78 is 0. The van der Waals surface area contributed by atoms with Crippen LogP contribution in [0.15, 0.2) is 47.4 Å². The molecule has 0 aliphatic carbocycles. The highest BCUT2D eigenvalue weighted by Crippen LogP contribution is 2.23. The molecular formula is C21H24N2O4S. The van der Waals surface area contributed by atoms with Crippen LogP contribution in [0.2, 0.25) is 0 Å². The number of anilines is 2. The van der Waals surface area contributed by atoms with E-state index in [2.05, 4.69) is 10.6 Å². The molecule has 0 heterocycles. The first-order chi connectivity index (χ1) is 13.4. The van der Waals surface area contributed by atoms with Crippen LogP contribution in [0, 0.1) is 6.92 Å². The Bertz CT molecular complexity index is 867. The highest BCUT2D eigenvalue weighted by Gasteiger charge is 2.10. The molecule has 2 aromatic carbocycles. The number of thioether (sulfide) groups is 1. The zero-order valence-corrected chi connectivity index (χ0v) is 16.8. The number of aromatic carboxylic acids is 1. The van der Waals surface area contributed by atoms with Gasteiger partial charge in [0.15, 0.2) is 0 Å². The Morgan fingerprint density at radius 1 is 1.04 bits per heavy atom. The molecule has 0 atom stereocenters. The Morgan fingerprint density at radius 3 is 2.54 bits per heavy atom. The van der Waals surface area contributed by atoms with Crippen LogP contribution in [0.5, 0.6) is 0 Å². The minimum absolute atomic E-state index is 0.0180. The van der Waals surface area contributed by atoms with Crippen molar-refractivity contribution in [3.8, 4) is 0 Å². The second-order valence-electron chi connectivity index (χ2n) is 6.35. The van der Waals surface area contributed by atoms with Crippen LogP contribution in [0.3, 0.4) is 0 Å². The normalized spacial score (nSPS) is 10.4. The number of carbonyl (C=O) groups is 3. The zero-order valence-electron chi connectivity index (χ0n) is 16.0. The lowest BCUT2D eigenvalue weighted by molar-refractivity contribution is -0.116. The summed E-state index contributed by atoms with van der Waals surface area (Å²) >= 11 is 1.34. The quantitative estimate of drug-likeness (QED) is 0.537. The SMILES string of the molecule is CCCCC(=O)Nc1cccc(SCC(=O)Nc2cc(C(=O)O)ccc2C)c1. The smallest absolute Gasteiger partial charge is 0.335 e. The largest absolute Gasteiger partial charge is 0.478 e. The first kappa shape index (κ1) is 21.5. The van der Waals surface area contributed by atoms with Crippen molar-refractivity contribution in [3.63, 3.8) is 0 Å². The molecule has 0 saturated heterocycles. The molecule has 0 aliphatic heterocycles. The van der Waals surface area contributed by atoms with E-state index in [1.165, 1.54) is 23.9 Å². The second-order valence-corrected chi connectivity index (χ2v) is 7.40. The Morgan fingerprint density at radius 2 is 1.82 bits per heavy atom. The molecule has 2 amide bonds. The Kier molecular flexibility index (Phi) is 8.07. The minimum atomic E-state index is -1.04. The van der Waals surface area contributed by atoms with Crippen LogP contribution in [-0.2, 0) is 9.59 Å². The first-order valence-corrected chi connectivity index (χ1v) is 10.0. The van der Waals surface area contributed by atoms with Gasteiger partial charge < -0.3 is 15.7 Å². The highest BCUT2D eigenvalue weighted by molar-refractivity contribution is 8.00. The van der Waals surface area contributed by atoms with Crippen molar-refractivity contribution in [1.82, 2.24) is 0 Å². The maximum absolute atomic E-state index is 12.3. The molecule has 0 saturated carbocycles. The van der Waals surface area contributed by atoms with Gasteiger partial charge in [-0.05, 0) is 49.2 Å². The number of hydrogen-bond donors (Lipinski definition) is 3. The Labute approximate surface area is 168 Å². The fourth-order valence-electron chi connectivity index (χ4n) is 2.45. The van der Waals surface area contributed by atoms with E-state index in [-0.39, 0.29) is 23.1 Å². The molecule has 7 heteroatoms. The van der Waals surface area contributed by atoms with Gasteiger partial charge in [-0.25, -0.2) is 4.79 Å². The van der Waals surface area contributed by atoms with Gasteiger partial charge in [-0.1, -0.05) is 25.5 Å². The van der Waals surface area contributed by atoms with Crippen molar-refractivity contribution in [2.45, 2.75) is 38.0 Å². The van der Waals surface area contributed by atoms with Crippen LogP contribution in [0.4, 0.5) is 11.4 Å². The summed E-state index contributed by atoms with van der Waals surface area (Å²) in [5.74, 6) is -1.12. The number of carboxylic acids is 1. The summed E-state index contributed by atoms with van der Waals surface area (Å²) in [4.78, 5) is 36.0. The van der Waals surface area contributed by atoms with Gasteiger partial charge in [0, 0.05) is 22.7 Å². The van der Waals surface area contributed by atoms with Gasteiger partial charge in [-0.15, -0.1) is 11.8 Å². The van der Waals surface area contributed by atoms with Gasteiger partial charge in [-0.2, -0.15) is 0 Å². The van der Waals surface area contributed by atoms with Gasteiger partial charge >= 0.3 is 5.97 Å². The van der Waals surface area contributed by atoms with Crippen LogP contribution in [0.25, 0.3) is 0 Å². The average Bonchev–Trinajstić information content (AvgIpc) is 2.66. The molecule has 0 fully saturated rings. The predicted molar refractivity (Wildman–Crippen MR) is 112 cm³/mol. The standard InChI is InChI=1S/C21H24N2O4S/c1-3-4-8-19(24)22-16-6-5-7-17(12-16)28-13-20(25)23-18-11-15(21(26)27)10-9-14(18)2/h5-7,9-12H,3-4,8,13H2,1-2H3,(H,22,24)(H,23,25)(H,26,27). The third-order valence-corrected chi connectivity index (χ3v) is 5.00. The van der Waals surface area contributed by atoms with Crippen LogP contribution >= 0.6 is 11.8 Å². The van der Waals surface area contributed by atoms with Crippen LogP contribution in [-0.4, -0.2) is 28.6 Å². The number of amides is 2. The van der Waals surface area contributed by atoms with E-state index in [0.717, 1.165) is 23.3 Å². The van der Waals surface area contributed by atoms with Gasteiger partial charge in [0.25, 0.3) is 0 Å². The maximum Gasteiger partial charge on any atom is 0.335 e. The Balaban J connectivity index is 1.92. The molecule has 2 rings (SSSR count). The van der Waals surface area contributed by atoms with Crippen LogP contribution in [0.1, 0.15) is 42.1 Å². The fraction of sp³-hybridized carbons (Fsp3) is 0.286. The number of unbranched alkanes of at least 4 members (excludes halogenated alkanes) is 1. The van der Waals surface area contributed by atoms with Gasteiger partial charge in [0.05, 0.1) is 11.3 Å². The summed E-state index contributed by atoms with van der Waals surface area (Å²) in [6.45, 7) is 3.84. The van der Waals surface area contributed by atoms with Crippen LogP contribution < -0.4 is 10.6 Å². The predicted octanol–water partition coefficient (Wildman–Crippen LogP) is 4.55. The number of nitrogens with one attached hydrogen (secondary N) is 2. The Hall–Kier alpha value is -2.80. The van der Waals surface area contributed by atoms with E-state index in [1.807, 2.05) is 31.2 Å². The van der Waals surface area contributed by atoms with Crippen molar-refractivity contribution >= 4 is 40.9 Å². The minimum Gasteiger partial charge on any atom is -0.478 e. The number of benzene rings is 2. The summed E-state index contributed by atoms with van der Waals surface area (Å²) in [7, 11) is 0. The molecule has 3 N–H and O–H groups in total. The molecule has 0 bridgehead atoms. The van der Waals surface area contributed by atoms with E-state index in [0.29, 0.717) is 17.8 Å². The van der Waals surface area contributed by atoms with Gasteiger partial charge in [0.2, 0.25) is 11.8 Å². The number of carbonyl (C=O) groups excluding carboxylic acids is 2. The lowest BCUT2D eigenvalue weighted by atomic mass is 10.1. The van der Waals surface area contributed by atoms with E-state index >= 15 is 0 Å². The number of rotatable bonds is 9. The fourth-order valence-corrected chi connectivity index (χ4v) is 3.20. The summed E-state index contributed by atoms with van der Waals surface area (Å²) in [5.41, 5.74) is 2.11. The van der Waals surface area contributed by atoms with Gasteiger partial charge in [0.1, 0.15) is 0 Å². The average molecular weight is 401 g/mol. The number of carboxylic acid groups (broad SMARTS) is 1. The van der Waals surface area contributed by atoms with E-state index in [4.69, 9.17) is 5.11 Å². The van der Waals surface area contributed by atoms with E-state index < -0.39 is 5.97 Å². The zero-order chi connectivity index (χ0) is 20.5. The third kappa shape index (κ3) is 6.74. The molecule has 28 heavy (non-hydrogen) atoms. The maximum atomic E-state index is 12.3. The molecule has 0 spiro atoms. The lowest BCUT2D eigenvalue weighted by Crippen LogP contribution is -2.15. The summed E-state index contributed by atoms with van der Waals surface area (Å²) in [6, 6.07) is 12.0. The van der Waals surface area contributed by atoms with E-state index in [1.54, 1.807) is 13.0 Å². The topological polar surface area (TPSA) is 95.5 Å². The molecule has 0 unspecified atom stereocenters. The summed E-state index contributed by atoms with van der Waals surface area (Å²) in [6.07, 6.45) is 2.31. The van der Waals surface area contributed by atoms with Gasteiger partial charge in [-0.3, -0.25) is 9.59 Å². The van der Waals surface area contributed by atoms with E-state index in [9.17, 15) is 14.4 Å². The first-order valence-electron chi connectivity index (χ1n) is 9.05. The van der Waals surface area contributed by atoms with Crippen molar-refractivity contribution in [2.75, 3.05) is 16.4 Å². The molecule has 0 aromatic heterocycles. The number of hydrogen-bond acceptors (Lipinski definition) is 4. The highest BCUT2D eigenvalue weighted by atomic mass is 32.2. The monoisotopic (exact) mass is 400 g/mol. The van der Waals surface area contributed by atoms with Crippen molar-refractivity contribution in [2.24, 2.45) is 0 Å². The van der Waals surface area contributed by atoms with Crippen molar-refractivity contribution in [3.05, 3.63) is 53.6 Å². The third-order valence-electron chi connectivity index (χ3n) is 4.00. The molecule has 0 radical (unpaired) electrons. The molecular weight excluding hydrogens is 376 g/mol.